The molecule has 4 N–H and O–H groups in total. The van der Waals surface area contributed by atoms with Gasteiger partial charge in [0.15, 0.2) is 0 Å². The largest absolute Gasteiger partial charge is 0.481 e. The second-order valence-electron chi connectivity index (χ2n) is 12.4. The summed E-state index contributed by atoms with van der Waals surface area (Å²) in [6, 6.07) is 15.6. The van der Waals surface area contributed by atoms with Gasteiger partial charge in [0.1, 0.15) is 17.5 Å². The zero-order valence-electron chi connectivity index (χ0n) is 27.1. The van der Waals surface area contributed by atoms with E-state index >= 15 is 0 Å². The summed E-state index contributed by atoms with van der Waals surface area (Å²) in [5.41, 5.74) is 2.09. The number of carbonyl (C=O) groups excluding carboxylic acids is 3. The summed E-state index contributed by atoms with van der Waals surface area (Å²) >= 11 is 1.56. The van der Waals surface area contributed by atoms with Gasteiger partial charge in [-0.05, 0) is 68.7 Å². The number of benzene rings is 2. The molecule has 0 aliphatic carbocycles. The third-order valence-electron chi connectivity index (χ3n) is 8.71. The Labute approximate surface area is 287 Å². The molecule has 2 aliphatic rings. The van der Waals surface area contributed by atoms with Crippen molar-refractivity contribution in [1.82, 2.24) is 25.5 Å². The first-order valence-corrected chi connectivity index (χ1v) is 17.3. The molecule has 0 bridgehead atoms. The second-order valence-corrected chi connectivity index (χ2v) is 13.4. The Kier molecular flexibility index (Phi) is 10.8. The van der Waals surface area contributed by atoms with E-state index in [1.807, 2.05) is 49.4 Å². The van der Waals surface area contributed by atoms with Gasteiger partial charge in [0.05, 0.1) is 29.0 Å². The minimum absolute atomic E-state index is 0.0814. The van der Waals surface area contributed by atoms with Crippen molar-refractivity contribution in [3.8, 4) is 11.5 Å². The summed E-state index contributed by atoms with van der Waals surface area (Å²) in [7, 11) is 0. The molecule has 12 nitrogen and oxygen atoms in total. The van der Waals surface area contributed by atoms with Crippen LogP contribution in [0.15, 0.2) is 76.8 Å². The smallest absolute Gasteiger partial charge is 0.303 e. The normalized spacial score (nSPS) is 17.1. The number of pyridine rings is 1. The summed E-state index contributed by atoms with van der Waals surface area (Å²) in [5.74, 6) is -0.675. The van der Waals surface area contributed by atoms with E-state index in [-0.39, 0.29) is 36.7 Å². The fraction of sp³-hybridized carbons (Fsp3) is 0.361. The fourth-order valence-corrected chi connectivity index (χ4v) is 7.05. The van der Waals surface area contributed by atoms with Crippen LogP contribution in [0.25, 0.3) is 10.9 Å². The maximum atomic E-state index is 13.7. The molecule has 4 heterocycles. The standard InChI is InChI=1S/C36H39N5O7S/c1-22(27-16-25-18-37-13-12-26(25)40-27)39-36(46)28-15-23(21-47-14-6-2-3-9-34(43)44)20-41(28)33(42)19-38-35(45)24-10-11-32-30(17-24)48-29-7-4-5-8-31(29)49-32/h4-5,7-8,10-13,16-18,22-23,28,40H,2-3,6,9,14-15,19-21H2,1H3,(H,38,45)(H,39,46)(H,43,44)/t22-,23+,28?/m1/s1. The lowest BCUT2D eigenvalue weighted by Gasteiger charge is -2.25. The van der Waals surface area contributed by atoms with E-state index in [9.17, 15) is 19.2 Å². The molecule has 1 fully saturated rings. The highest BCUT2D eigenvalue weighted by Gasteiger charge is 2.40. The molecule has 3 amide bonds. The summed E-state index contributed by atoms with van der Waals surface area (Å²) in [6.45, 7) is 2.74. The number of hydrogen-bond donors (Lipinski definition) is 4. The molecule has 0 spiro atoms. The number of unbranched alkanes of at least 4 members (excludes halogenated alkanes) is 2. The van der Waals surface area contributed by atoms with Crippen LogP contribution in [0.5, 0.6) is 11.5 Å². The number of carboxylic acid groups (broad SMARTS) is 1. The van der Waals surface area contributed by atoms with Crippen LogP contribution in [0, 0.1) is 5.92 Å². The highest BCUT2D eigenvalue weighted by atomic mass is 32.2. The number of rotatable bonds is 14. The molecule has 6 rings (SSSR count). The van der Waals surface area contributed by atoms with Crippen LogP contribution in [0.3, 0.4) is 0 Å². The second kappa shape index (κ2) is 15.6. The Hall–Kier alpha value is -4.88. The molecule has 256 valence electrons. The molecule has 2 aromatic heterocycles. The van der Waals surface area contributed by atoms with Crippen LogP contribution >= 0.6 is 11.8 Å². The number of aromatic amines is 1. The summed E-state index contributed by atoms with van der Waals surface area (Å²) in [6.07, 6.45) is 6.06. The first-order chi connectivity index (χ1) is 23.7. The van der Waals surface area contributed by atoms with E-state index in [0.29, 0.717) is 43.9 Å². The van der Waals surface area contributed by atoms with Gasteiger partial charge in [0, 0.05) is 60.0 Å². The minimum Gasteiger partial charge on any atom is -0.481 e. The van der Waals surface area contributed by atoms with Gasteiger partial charge in [-0.3, -0.25) is 24.2 Å². The van der Waals surface area contributed by atoms with Gasteiger partial charge in [-0.2, -0.15) is 0 Å². The Morgan fingerprint density at radius 3 is 2.76 bits per heavy atom. The maximum absolute atomic E-state index is 13.7. The maximum Gasteiger partial charge on any atom is 0.303 e. The molecule has 1 saturated heterocycles. The zero-order chi connectivity index (χ0) is 34.3. The number of likely N-dealkylation sites (tertiary alicyclic amines) is 1. The number of aromatic nitrogens is 2. The van der Waals surface area contributed by atoms with Crippen molar-refractivity contribution in [1.29, 1.82) is 0 Å². The highest BCUT2D eigenvalue weighted by molar-refractivity contribution is 7.99. The lowest BCUT2D eigenvalue weighted by atomic mass is 10.1. The minimum atomic E-state index is -0.810. The quantitative estimate of drug-likeness (QED) is 0.114. The van der Waals surface area contributed by atoms with Gasteiger partial charge in [-0.15, -0.1) is 0 Å². The van der Waals surface area contributed by atoms with Crippen molar-refractivity contribution in [2.75, 3.05) is 26.3 Å². The number of carboxylic acids is 1. The predicted octanol–water partition coefficient (Wildman–Crippen LogP) is 5.31. The van der Waals surface area contributed by atoms with Gasteiger partial charge >= 0.3 is 5.97 Å². The number of aliphatic carboxylic acids is 1. The Morgan fingerprint density at radius 2 is 1.92 bits per heavy atom. The SMILES string of the molecule is C[C@@H](NC(=O)C1C[C@H](COCCCCCC(=O)O)CN1C(=O)CNC(=O)c1ccc2c(c1)Oc1ccccc1S2)c1cc2cnccc2[nH]1. The summed E-state index contributed by atoms with van der Waals surface area (Å²) < 4.78 is 11.9. The third-order valence-corrected chi connectivity index (χ3v) is 9.82. The van der Waals surface area contributed by atoms with Crippen LogP contribution in [0.1, 0.15) is 61.1 Å². The van der Waals surface area contributed by atoms with Gasteiger partial charge < -0.3 is 35.1 Å². The first kappa shape index (κ1) is 34.0. The lowest BCUT2D eigenvalue weighted by molar-refractivity contribution is -0.138. The molecule has 2 aromatic carbocycles. The number of ether oxygens (including phenoxy) is 2. The molecule has 13 heteroatoms. The van der Waals surface area contributed by atoms with Gasteiger partial charge in [0.25, 0.3) is 5.91 Å². The van der Waals surface area contributed by atoms with E-state index in [2.05, 4.69) is 20.6 Å². The van der Waals surface area contributed by atoms with Gasteiger partial charge in [-0.1, -0.05) is 30.3 Å². The number of H-pyrrole nitrogens is 1. The molecule has 0 radical (unpaired) electrons. The fourth-order valence-electron chi connectivity index (χ4n) is 6.12. The molecule has 3 atom stereocenters. The van der Waals surface area contributed by atoms with Gasteiger partial charge in [0.2, 0.25) is 11.8 Å². The van der Waals surface area contributed by atoms with E-state index < -0.39 is 17.9 Å². The molecular weight excluding hydrogens is 646 g/mol. The van der Waals surface area contributed by atoms with Crippen molar-refractivity contribution >= 4 is 46.4 Å². The van der Waals surface area contributed by atoms with E-state index in [1.54, 1.807) is 36.3 Å². The van der Waals surface area contributed by atoms with Crippen molar-refractivity contribution in [2.24, 2.45) is 5.92 Å². The van der Waals surface area contributed by atoms with E-state index in [1.165, 1.54) is 4.90 Å². The molecule has 49 heavy (non-hydrogen) atoms. The number of carbonyl (C=O) groups is 4. The molecular formula is C36H39N5O7S. The highest BCUT2D eigenvalue weighted by Crippen LogP contribution is 2.46. The Bertz CT molecular complexity index is 1810. The predicted molar refractivity (Wildman–Crippen MR) is 183 cm³/mol. The average molecular weight is 686 g/mol. The van der Waals surface area contributed by atoms with Crippen molar-refractivity contribution in [3.05, 3.63) is 78.2 Å². The van der Waals surface area contributed by atoms with Crippen LogP contribution < -0.4 is 15.4 Å². The third kappa shape index (κ3) is 8.41. The zero-order valence-corrected chi connectivity index (χ0v) is 28.0. The number of para-hydroxylation sites is 1. The Balaban J connectivity index is 1.07. The van der Waals surface area contributed by atoms with E-state index in [0.717, 1.165) is 45.0 Å². The van der Waals surface area contributed by atoms with Gasteiger partial charge in [-0.25, -0.2) is 0 Å². The summed E-state index contributed by atoms with van der Waals surface area (Å²) in [4.78, 5) is 62.0. The number of fused-ring (bicyclic) bond motifs is 3. The number of nitrogens with zero attached hydrogens (tertiary/aromatic N) is 2. The summed E-state index contributed by atoms with van der Waals surface area (Å²) in [5, 5.41) is 15.5. The molecule has 0 saturated carbocycles. The Morgan fingerprint density at radius 1 is 1.08 bits per heavy atom. The van der Waals surface area contributed by atoms with Crippen LogP contribution in [-0.4, -0.2) is 76.0 Å². The monoisotopic (exact) mass is 685 g/mol. The number of amides is 3. The number of nitrogens with one attached hydrogen (secondary N) is 3. The van der Waals surface area contributed by atoms with Crippen LogP contribution in [-0.2, 0) is 19.1 Å². The number of hydrogen-bond acceptors (Lipinski definition) is 8. The van der Waals surface area contributed by atoms with Crippen molar-refractivity contribution in [3.63, 3.8) is 0 Å². The average Bonchev–Trinajstić information content (AvgIpc) is 3.74. The molecule has 2 aliphatic heterocycles. The van der Waals surface area contributed by atoms with Crippen LogP contribution in [0.4, 0.5) is 0 Å². The van der Waals surface area contributed by atoms with Crippen molar-refractivity contribution < 1.29 is 33.8 Å². The lowest BCUT2D eigenvalue weighted by Crippen LogP contribution is -2.49. The van der Waals surface area contributed by atoms with Crippen LogP contribution in [0.2, 0.25) is 0 Å². The topological polar surface area (TPSA) is 163 Å². The van der Waals surface area contributed by atoms with Crippen molar-refractivity contribution in [2.45, 2.75) is 60.9 Å². The van der Waals surface area contributed by atoms with E-state index in [4.69, 9.17) is 14.6 Å². The molecule has 1 unspecified atom stereocenters. The first-order valence-electron chi connectivity index (χ1n) is 16.4. The molecule has 4 aromatic rings.